The van der Waals surface area contributed by atoms with E-state index in [9.17, 15) is 0 Å². The third-order valence-corrected chi connectivity index (χ3v) is 3.36. The number of rotatable bonds is 4. The summed E-state index contributed by atoms with van der Waals surface area (Å²) in [6, 6.07) is 15.6. The molecule has 2 aromatic rings. The van der Waals surface area contributed by atoms with E-state index >= 15 is 0 Å². The fourth-order valence-corrected chi connectivity index (χ4v) is 2.17. The first-order chi connectivity index (χ1) is 9.09. The zero-order valence-corrected chi connectivity index (χ0v) is 11.5. The minimum atomic E-state index is -0.612. The highest BCUT2D eigenvalue weighted by molar-refractivity contribution is 5.46. The van der Waals surface area contributed by atoms with E-state index in [4.69, 9.17) is 15.2 Å². The van der Waals surface area contributed by atoms with Crippen molar-refractivity contribution in [3.63, 3.8) is 0 Å². The summed E-state index contributed by atoms with van der Waals surface area (Å²) in [6.45, 7) is 1.98. The topological polar surface area (TPSA) is 44.5 Å². The highest BCUT2D eigenvalue weighted by Gasteiger charge is 2.26. The standard InChI is InChI=1S/C16H19NO2/c1-16(17,12-8-10-13(18-2)11-9-12)14-6-4-5-7-15(14)19-3/h4-11H,17H2,1-3H3. The van der Waals surface area contributed by atoms with Gasteiger partial charge in [0.2, 0.25) is 0 Å². The fraction of sp³-hybridized carbons (Fsp3) is 0.250. The molecule has 0 aromatic heterocycles. The third-order valence-electron chi connectivity index (χ3n) is 3.36. The molecule has 0 saturated carbocycles. The molecule has 0 spiro atoms. The van der Waals surface area contributed by atoms with Crippen LogP contribution >= 0.6 is 0 Å². The number of hydrogen-bond acceptors (Lipinski definition) is 3. The summed E-state index contributed by atoms with van der Waals surface area (Å²) in [5.41, 5.74) is 7.87. The summed E-state index contributed by atoms with van der Waals surface area (Å²) in [4.78, 5) is 0. The van der Waals surface area contributed by atoms with Crippen LogP contribution in [0, 0.1) is 0 Å². The molecule has 1 atom stereocenters. The molecule has 2 N–H and O–H groups in total. The Hall–Kier alpha value is -2.00. The van der Waals surface area contributed by atoms with E-state index in [1.807, 2.05) is 55.5 Å². The van der Waals surface area contributed by atoms with Crippen LogP contribution in [0.15, 0.2) is 48.5 Å². The minimum absolute atomic E-state index is 0.612. The first-order valence-electron chi connectivity index (χ1n) is 6.16. The van der Waals surface area contributed by atoms with Crippen LogP contribution in [0.2, 0.25) is 0 Å². The smallest absolute Gasteiger partial charge is 0.124 e. The molecule has 3 nitrogen and oxygen atoms in total. The van der Waals surface area contributed by atoms with Gasteiger partial charge in [-0.15, -0.1) is 0 Å². The number of methoxy groups -OCH3 is 2. The molecule has 0 aliphatic heterocycles. The normalized spacial score (nSPS) is 13.7. The maximum absolute atomic E-state index is 6.51. The van der Waals surface area contributed by atoms with Crippen molar-refractivity contribution in [2.24, 2.45) is 5.73 Å². The highest BCUT2D eigenvalue weighted by Crippen LogP contribution is 2.33. The van der Waals surface area contributed by atoms with Gasteiger partial charge < -0.3 is 15.2 Å². The Kier molecular flexibility index (Phi) is 3.76. The van der Waals surface area contributed by atoms with Crippen LogP contribution in [-0.2, 0) is 5.54 Å². The van der Waals surface area contributed by atoms with Crippen LogP contribution < -0.4 is 15.2 Å². The Morgan fingerprint density at radius 3 is 2.11 bits per heavy atom. The van der Waals surface area contributed by atoms with E-state index in [0.717, 1.165) is 22.6 Å². The van der Waals surface area contributed by atoms with E-state index in [1.54, 1.807) is 14.2 Å². The lowest BCUT2D eigenvalue weighted by molar-refractivity contribution is 0.398. The lowest BCUT2D eigenvalue weighted by Crippen LogP contribution is -2.34. The van der Waals surface area contributed by atoms with Crippen LogP contribution in [0.3, 0.4) is 0 Å². The van der Waals surface area contributed by atoms with Crippen LogP contribution in [-0.4, -0.2) is 14.2 Å². The second-order valence-corrected chi connectivity index (χ2v) is 4.63. The van der Waals surface area contributed by atoms with E-state index in [-0.39, 0.29) is 0 Å². The van der Waals surface area contributed by atoms with Crippen molar-refractivity contribution < 1.29 is 9.47 Å². The lowest BCUT2D eigenvalue weighted by Gasteiger charge is -2.27. The number of ether oxygens (including phenoxy) is 2. The van der Waals surface area contributed by atoms with E-state index in [2.05, 4.69) is 0 Å². The van der Waals surface area contributed by atoms with Gasteiger partial charge in [-0.3, -0.25) is 0 Å². The Labute approximate surface area is 114 Å². The SMILES string of the molecule is COc1ccc(C(C)(N)c2ccccc2OC)cc1. The summed E-state index contributed by atoms with van der Waals surface area (Å²) in [6.07, 6.45) is 0. The van der Waals surface area contributed by atoms with Crippen molar-refractivity contribution in [1.82, 2.24) is 0 Å². The van der Waals surface area contributed by atoms with E-state index in [1.165, 1.54) is 0 Å². The van der Waals surface area contributed by atoms with Crippen molar-refractivity contribution in [2.45, 2.75) is 12.5 Å². The van der Waals surface area contributed by atoms with E-state index < -0.39 is 5.54 Å². The number of para-hydroxylation sites is 1. The lowest BCUT2D eigenvalue weighted by atomic mass is 9.85. The number of nitrogens with two attached hydrogens (primary N) is 1. The Morgan fingerprint density at radius 2 is 1.53 bits per heavy atom. The van der Waals surface area contributed by atoms with Gasteiger partial charge in [0.05, 0.1) is 19.8 Å². The monoisotopic (exact) mass is 257 g/mol. The highest BCUT2D eigenvalue weighted by atomic mass is 16.5. The van der Waals surface area contributed by atoms with Crippen LogP contribution in [0.1, 0.15) is 18.1 Å². The third kappa shape index (κ3) is 2.56. The minimum Gasteiger partial charge on any atom is -0.497 e. The van der Waals surface area contributed by atoms with Crippen molar-refractivity contribution in [3.8, 4) is 11.5 Å². The summed E-state index contributed by atoms with van der Waals surface area (Å²) in [5, 5.41) is 0. The van der Waals surface area contributed by atoms with Crippen LogP contribution in [0.25, 0.3) is 0 Å². The first kappa shape index (κ1) is 13.4. The molecular weight excluding hydrogens is 238 g/mol. The van der Waals surface area contributed by atoms with Gasteiger partial charge in [-0.1, -0.05) is 30.3 Å². The quantitative estimate of drug-likeness (QED) is 0.916. The van der Waals surface area contributed by atoms with Crippen molar-refractivity contribution in [3.05, 3.63) is 59.7 Å². The second-order valence-electron chi connectivity index (χ2n) is 4.63. The average Bonchev–Trinajstić information content (AvgIpc) is 2.47. The predicted molar refractivity (Wildman–Crippen MR) is 76.6 cm³/mol. The van der Waals surface area contributed by atoms with Gasteiger partial charge in [0.15, 0.2) is 0 Å². The zero-order valence-electron chi connectivity index (χ0n) is 11.5. The maximum Gasteiger partial charge on any atom is 0.124 e. The molecule has 0 fully saturated rings. The molecule has 1 unspecified atom stereocenters. The first-order valence-corrected chi connectivity index (χ1v) is 6.16. The van der Waals surface area contributed by atoms with Crippen LogP contribution in [0.5, 0.6) is 11.5 Å². The van der Waals surface area contributed by atoms with Gasteiger partial charge >= 0.3 is 0 Å². The molecule has 3 heteroatoms. The molecule has 0 amide bonds. The molecule has 0 radical (unpaired) electrons. The van der Waals surface area contributed by atoms with Gasteiger partial charge in [0.1, 0.15) is 11.5 Å². The van der Waals surface area contributed by atoms with Gasteiger partial charge in [-0.2, -0.15) is 0 Å². The second kappa shape index (κ2) is 5.33. The zero-order chi connectivity index (χ0) is 13.9. The van der Waals surface area contributed by atoms with Gasteiger partial charge in [0.25, 0.3) is 0 Å². The molecular formula is C16H19NO2. The number of hydrogen-bond donors (Lipinski definition) is 1. The molecule has 0 heterocycles. The van der Waals surface area contributed by atoms with E-state index in [0.29, 0.717) is 0 Å². The molecule has 0 aliphatic carbocycles. The molecule has 2 aromatic carbocycles. The summed E-state index contributed by atoms with van der Waals surface area (Å²) < 4.78 is 10.6. The van der Waals surface area contributed by atoms with Crippen LogP contribution in [0.4, 0.5) is 0 Å². The van der Waals surface area contributed by atoms with Crippen molar-refractivity contribution in [2.75, 3.05) is 14.2 Å². The Morgan fingerprint density at radius 1 is 0.895 bits per heavy atom. The largest absolute Gasteiger partial charge is 0.497 e. The summed E-state index contributed by atoms with van der Waals surface area (Å²) in [7, 11) is 3.31. The molecule has 100 valence electrons. The maximum atomic E-state index is 6.51. The van der Waals surface area contributed by atoms with Gasteiger partial charge in [0, 0.05) is 5.56 Å². The summed E-state index contributed by atoms with van der Waals surface area (Å²) in [5.74, 6) is 1.61. The van der Waals surface area contributed by atoms with Crippen molar-refractivity contribution in [1.29, 1.82) is 0 Å². The molecule has 0 bridgehead atoms. The summed E-state index contributed by atoms with van der Waals surface area (Å²) >= 11 is 0. The predicted octanol–water partition coefficient (Wildman–Crippen LogP) is 2.93. The Bertz CT molecular complexity index is 547. The van der Waals surface area contributed by atoms with Crippen molar-refractivity contribution >= 4 is 0 Å². The Balaban J connectivity index is 2.45. The number of benzene rings is 2. The fourth-order valence-electron chi connectivity index (χ4n) is 2.17. The molecule has 19 heavy (non-hydrogen) atoms. The molecule has 2 rings (SSSR count). The molecule has 0 aliphatic rings. The average molecular weight is 257 g/mol. The van der Waals surface area contributed by atoms with Gasteiger partial charge in [-0.05, 0) is 30.7 Å². The van der Waals surface area contributed by atoms with Gasteiger partial charge in [-0.25, -0.2) is 0 Å². The molecule has 0 saturated heterocycles.